The summed E-state index contributed by atoms with van der Waals surface area (Å²) in [5, 5.41) is 7.29. The molecule has 2 nitrogen and oxygen atoms in total. The van der Waals surface area contributed by atoms with Crippen molar-refractivity contribution in [3.05, 3.63) is 53.6 Å². The van der Waals surface area contributed by atoms with Crippen LogP contribution in [0.5, 0.6) is 0 Å². The van der Waals surface area contributed by atoms with E-state index < -0.39 is 0 Å². The third-order valence-electron chi connectivity index (χ3n) is 2.19. The van der Waals surface area contributed by atoms with Gasteiger partial charge in [-0.1, -0.05) is 42.5 Å². The zero-order valence-electron chi connectivity index (χ0n) is 9.12. The number of hydrogen-bond donors (Lipinski definition) is 2. The molecule has 0 aliphatic heterocycles. The SMILES string of the molecule is C/C=C\C(=C/C)c1ccc(C(=N)N)cc1. The molecule has 0 heterocycles. The van der Waals surface area contributed by atoms with Crippen LogP contribution in [-0.2, 0) is 0 Å². The molecule has 2 heteroatoms. The number of nitrogen functional groups attached to an aromatic ring is 1. The maximum Gasteiger partial charge on any atom is 0.122 e. The zero-order chi connectivity index (χ0) is 11.3. The molecule has 0 bridgehead atoms. The van der Waals surface area contributed by atoms with Crippen molar-refractivity contribution in [1.29, 1.82) is 5.41 Å². The molecule has 0 spiro atoms. The van der Waals surface area contributed by atoms with Crippen LogP contribution in [0.25, 0.3) is 5.57 Å². The highest BCUT2D eigenvalue weighted by molar-refractivity contribution is 5.95. The van der Waals surface area contributed by atoms with Gasteiger partial charge in [-0.05, 0) is 25.0 Å². The molecular weight excluding hydrogens is 184 g/mol. The largest absolute Gasteiger partial charge is 0.384 e. The lowest BCUT2D eigenvalue weighted by atomic mass is 10.0. The first kappa shape index (κ1) is 11.2. The quantitative estimate of drug-likeness (QED) is 0.440. The van der Waals surface area contributed by atoms with Crippen molar-refractivity contribution >= 4 is 11.4 Å². The monoisotopic (exact) mass is 200 g/mol. The fourth-order valence-electron chi connectivity index (χ4n) is 1.38. The van der Waals surface area contributed by atoms with Crippen molar-refractivity contribution in [3.63, 3.8) is 0 Å². The average Bonchev–Trinajstić information content (AvgIpc) is 2.26. The highest BCUT2D eigenvalue weighted by Gasteiger charge is 1.98. The van der Waals surface area contributed by atoms with Gasteiger partial charge in [-0.2, -0.15) is 0 Å². The minimum Gasteiger partial charge on any atom is -0.384 e. The molecule has 1 rings (SSSR count). The van der Waals surface area contributed by atoms with E-state index in [2.05, 4.69) is 12.2 Å². The second-order valence-electron chi connectivity index (χ2n) is 3.24. The van der Waals surface area contributed by atoms with Crippen LogP contribution in [0.4, 0.5) is 0 Å². The number of allylic oxidation sites excluding steroid dienone is 4. The van der Waals surface area contributed by atoms with Gasteiger partial charge in [0.25, 0.3) is 0 Å². The molecule has 0 saturated carbocycles. The molecule has 0 aromatic heterocycles. The van der Waals surface area contributed by atoms with E-state index in [1.807, 2.05) is 44.2 Å². The van der Waals surface area contributed by atoms with Gasteiger partial charge in [0.05, 0.1) is 0 Å². The molecule has 0 radical (unpaired) electrons. The molecule has 15 heavy (non-hydrogen) atoms. The van der Waals surface area contributed by atoms with Crippen LogP contribution >= 0.6 is 0 Å². The third-order valence-corrected chi connectivity index (χ3v) is 2.19. The van der Waals surface area contributed by atoms with E-state index in [0.717, 1.165) is 11.1 Å². The van der Waals surface area contributed by atoms with E-state index in [1.54, 1.807) is 0 Å². The van der Waals surface area contributed by atoms with E-state index >= 15 is 0 Å². The van der Waals surface area contributed by atoms with Crippen molar-refractivity contribution in [2.45, 2.75) is 13.8 Å². The average molecular weight is 200 g/mol. The summed E-state index contributed by atoms with van der Waals surface area (Å²) in [6.07, 6.45) is 6.12. The summed E-state index contributed by atoms with van der Waals surface area (Å²) in [7, 11) is 0. The lowest BCUT2D eigenvalue weighted by Crippen LogP contribution is -2.10. The molecule has 78 valence electrons. The Morgan fingerprint density at radius 3 is 2.07 bits per heavy atom. The minimum absolute atomic E-state index is 0.106. The van der Waals surface area contributed by atoms with Crippen LogP contribution in [0.3, 0.4) is 0 Å². The molecule has 0 amide bonds. The van der Waals surface area contributed by atoms with Gasteiger partial charge in [0.2, 0.25) is 0 Å². The van der Waals surface area contributed by atoms with Gasteiger partial charge in [-0.15, -0.1) is 0 Å². The predicted octanol–water partition coefficient (Wildman–Crippen LogP) is 2.95. The van der Waals surface area contributed by atoms with Gasteiger partial charge >= 0.3 is 0 Å². The van der Waals surface area contributed by atoms with Crippen molar-refractivity contribution in [2.75, 3.05) is 0 Å². The molecule has 1 aromatic rings. The zero-order valence-corrected chi connectivity index (χ0v) is 9.12. The standard InChI is InChI=1S/C13H16N2/c1-3-5-10(4-2)11-6-8-12(9-7-11)13(14)15/h3-9H,1-2H3,(H3,14,15)/b5-3-,10-4+. The molecule has 1 aromatic carbocycles. The lowest BCUT2D eigenvalue weighted by molar-refractivity contribution is 1.42. The molecule has 0 fully saturated rings. The first-order chi connectivity index (χ1) is 7.19. The fraction of sp³-hybridized carbons (Fsp3) is 0.154. The van der Waals surface area contributed by atoms with Crippen molar-refractivity contribution in [1.82, 2.24) is 0 Å². The van der Waals surface area contributed by atoms with Crippen LogP contribution in [0.2, 0.25) is 0 Å². The van der Waals surface area contributed by atoms with Crippen LogP contribution in [0.15, 0.2) is 42.5 Å². The summed E-state index contributed by atoms with van der Waals surface area (Å²) in [4.78, 5) is 0. The van der Waals surface area contributed by atoms with Crippen LogP contribution in [-0.4, -0.2) is 5.84 Å². The Bertz CT molecular complexity index is 397. The van der Waals surface area contributed by atoms with E-state index in [-0.39, 0.29) is 5.84 Å². The van der Waals surface area contributed by atoms with Gasteiger partial charge in [-0.3, -0.25) is 5.41 Å². The molecule has 0 aliphatic carbocycles. The summed E-state index contributed by atoms with van der Waals surface area (Å²) in [5.74, 6) is 0.106. The first-order valence-electron chi connectivity index (χ1n) is 4.93. The fourth-order valence-corrected chi connectivity index (χ4v) is 1.38. The van der Waals surface area contributed by atoms with E-state index in [1.165, 1.54) is 5.57 Å². The molecular formula is C13H16N2. The summed E-state index contributed by atoms with van der Waals surface area (Å²) >= 11 is 0. The predicted molar refractivity (Wildman–Crippen MR) is 65.9 cm³/mol. The summed E-state index contributed by atoms with van der Waals surface area (Å²) < 4.78 is 0. The molecule has 3 N–H and O–H groups in total. The Balaban J connectivity index is 3.02. The Morgan fingerprint density at radius 2 is 1.67 bits per heavy atom. The van der Waals surface area contributed by atoms with Crippen molar-refractivity contribution < 1.29 is 0 Å². The smallest absolute Gasteiger partial charge is 0.122 e. The number of benzene rings is 1. The third kappa shape index (κ3) is 2.81. The van der Waals surface area contributed by atoms with E-state index in [4.69, 9.17) is 11.1 Å². The van der Waals surface area contributed by atoms with Gasteiger partial charge in [0, 0.05) is 5.56 Å². The lowest BCUT2D eigenvalue weighted by Gasteiger charge is -2.03. The van der Waals surface area contributed by atoms with Crippen LogP contribution in [0, 0.1) is 5.41 Å². The number of rotatable bonds is 3. The van der Waals surface area contributed by atoms with Crippen LogP contribution in [0.1, 0.15) is 25.0 Å². The normalized spacial score (nSPS) is 12.0. The first-order valence-corrected chi connectivity index (χ1v) is 4.93. The summed E-state index contributed by atoms with van der Waals surface area (Å²) in [5.41, 5.74) is 8.46. The van der Waals surface area contributed by atoms with Gasteiger partial charge in [0.1, 0.15) is 5.84 Å². The van der Waals surface area contributed by atoms with Gasteiger partial charge in [-0.25, -0.2) is 0 Å². The Morgan fingerprint density at radius 1 is 1.13 bits per heavy atom. The van der Waals surface area contributed by atoms with Crippen molar-refractivity contribution in [3.8, 4) is 0 Å². The number of amidine groups is 1. The number of nitrogens with one attached hydrogen (secondary N) is 1. The number of hydrogen-bond acceptors (Lipinski definition) is 1. The molecule has 0 saturated heterocycles. The minimum atomic E-state index is 0.106. The Hall–Kier alpha value is -1.83. The summed E-state index contributed by atoms with van der Waals surface area (Å²) in [6, 6.07) is 7.69. The molecule has 0 aliphatic rings. The highest BCUT2D eigenvalue weighted by Crippen LogP contribution is 2.16. The summed E-state index contributed by atoms with van der Waals surface area (Å²) in [6.45, 7) is 4.00. The van der Waals surface area contributed by atoms with Gasteiger partial charge in [0.15, 0.2) is 0 Å². The Labute approximate surface area is 90.6 Å². The van der Waals surface area contributed by atoms with Gasteiger partial charge < -0.3 is 5.73 Å². The second-order valence-corrected chi connectivity index (χ2v) is 3.24. The maximum atomic E-state index is 7.29. The molecule has 0 unspecified atom stereocenters. The van der Waals surface area contributed by atoms with E-state index in [9.17, 15) is 0 Å². The van der Waals surface area contributed by atoms with Crippen LogP contribution < -0.4 is 5.73 Å². The number of nitrogens with two attached hydrogens (primary N) is 1. The highest BCUT2D eigenvalue weighted by atomic mass is 14.7. The van der Waals surface area contributed by atoms with Crippen molar-refractivity contribution in [2.24, 2.45) is 5.73 Å². The molecule has 0 atom stereocenters. The second kappa shape index (κ2) is 5.15. The Kier molecular flexibility index (Phi) is 3.86. The van der Waals surface area contributed by atoms with E-state index in [0.29, 0.717) is 0 Å². The maximum absolute atomic E-state index is 7.29. The topological polar surface area (TPSA) is 49.9 Å².